The number of aromatic nitrogens is 4. The molecule has 0 aliphatic heterocycles. The second-order valence-electron chi connectivity index (χ2n) is 6.59. The van der Waals surface area contributed by atoms with Crippen LogP contribution in [0.5, 0.6) is 0 Å². The molecule has 0 radical (unpaired) electrons. The van der Waals surface area contributed by atoms with Crippen molar-refractivity contribution < 1.29 is 0 Å². The van der Waals surface area contributed by atoms with Crippen molar-refractivity contribution in [3.63, 3.8) is 0 Å². The first kappa shape index (κ1) is 18.3. The highest BCUT2D eigenvalue weighted by atomic mass is 32.2. The Morgan fingerprint density at radius 2 is 1.81 bits per heavy atom. The summed E-state index contributed by atoms with van der Waals surface area (Å²) in [5.74, 6) is 0.730. The third-order valence-electron chi connectivity index (χ3n) is 4.23. The summed E-state index contributed by atoms with van der Waals surface area (Å²) < 4.78 is 4.40. The van der Waals surface area contributed by atoms with E-state index in [0.717, 1.165) is 15.9 Å². The van der Waals surface area contributed by atoms with Crippen molar-refractivity contribution >= 4 is 22.9 Å². The molecule has 7 heteroatoms. The van der Waals surface area contributed by atoms with Crippen LogP contribution in [-0.4, -0.2) is 18.7 Å². The quantitative estimate of drug-likeness (QED) is 0.512. The lowest BCUT2D eigenvalue weighted by Gasteiger charge is -2.09. The molecule has 3 rings (SSSR count). The summed E-state index contributed by atoms with van der Waals surface area (Å²) in [5.41, 5.74) is 3.44. The number of nitrogens with zero attached hydrogens (tertiary/aromatic N) is 4. The summed E-state index contributed by atoms with van der Waals surface area (Å²) in [4.78, 5) is 29.5. The van der Waals surface area contributed by atoms with Crippen LogP contribution in [0.4, 0.5) is 0 Å². The molecule has 1 aromatic carbocycles. The summed E-state index contributed by atoms with van der Waals surface area (Å²) in [7, 11) is 3.12. The van der Waals surface area contributed by atoms with E-state index in [1.807, 2.05) is 11.5 Å². The molecule has 0 atom stereocenters. The van der Waals surface area contributed by atoms with Crippen molar-refractivity contribution in [1.82, 2.24) is 18.7 Å². The van der Waals surface area contributed by atoms with E-state index in [1.54, 1.807) is 18.8 Å². The molecule has 6 nitrogen and oxygen atoms in total. The second kappa shape index (κ2) is 6.99. The molecule has 26 heavy (non-hydrogen) atoms. The fourth-order valence-electron chi connectivity index (χ4n) is 2.79. The average Bonchev–Trinajstić information content (AvgIpc) is 2.95. The zero-order valence-corrected chi connectivity index (χ0v) is 16.3. The van der Waals surface area contributed by atoms with Crippen LogP contribution in [0.25, 0.3) is 11.2 Å². The minimum absolute atomic E-state index is 0.334. The van der Waals surface area contributed by atoms with E-state index in [-0.39, 0.29) is 11.2 Å². The van der Waals surface area contributed by atoms with E-state index >= 15 is 0 Å². The third kappa shape index (κ3) is 3.26. The molecule has 0 unspecified atom stereocenters. The van der Waals surface area contributed by atoms with Gasteiger partial charge in [0.25, 0.3) is 5.56 Å². The largest absolute Gasteiger partial charge is 0.332 e. The predicted molar refractivity (Wildman–Crippen MR) is 106 cm³/mol. The maximum Gasteiger partial charge on any atom is 0.332 e. The normalized spacial score (nSPS) is 11.2. The first-order valence-corrected chi connectivity index (χ1v) is 9.27. The molecule has 0 aliphatic carbocycles. The predicted octanol–water partition coefficient (Wildman–Crippen LogP) is 2.61. The molecule has 0 bridgehead atoms. The molecular weight excluding hydrogens is 348 g/mol. The van der Waals surface area contributed by atoms with Crippen LogP contribution < -0.4 is 11.2 Å². The van der Waals surface area contributed by atoms with Gasteiger partial charge in [0.15, 0.2) is 16.3 Å². The van der Waals surface area contributed by atoms with Crippen LogP contribution in [0.2, 0.25) is 0 Å². The Bertz CT molecular complexity index is 1100. The first-order chi connectivity index (χ1) is 12.3. The van der Waals surface area contributed by atoms with Crippen molar-refractivity contribution in [2.24, 2.45) is 14.1 Å². The maximum absolute atomic E-state index is 12.7. The zero-order chi connectivity index (χ0) is 19.0. The molecule has 0 spiro atoms. The van der Waals surface area contributed by atoms with Crippen molar-refractivity contribution in [3.8, 4) is 0 Å². The molecule has 0 fully saturated rings. The van der Waals surface area contributed by atoms with Gasteiger partial charge in [0, 0.05) is 26.4 Å². The van der Waals surface area contributed by atoms with Gasteiger partial charge in [-0.1, -0.05) is 53.7 Å². The van der Waals surface area contributed by atoms with Crippen LogP contribution in [0.1, 0.15) is 18.1 Å². The summed E-state index contributed by atoms with van der Waals surface area (Å²) in [6.45, 7) is 8.41. The van der Waals surface area contributed by atoms with Gasteiger partial charge >= 0.3 is 5.69 Å². The molecule has 0 saturated carbocycles. The summed E-state index contributed by atoms with van der Waals surface area (Å²) >= 11 is 1.55. The van der Waals surface area contributed by atoms with E-state index in [4.69, 9.17) is 0 Å². The number of hydrogen-bond acceptors (Lipinski definition) is 4. The number of aryl methyl sites for hydroxylation is 2. The van der Waals surface area contributed by atoms with E-state index in [0.29, 0.717) is 22.9 Å². The van der Waals surface area contributed by atoms with Gasteiger partial charge in [0.2, 0.25) is 0 Å². The van der Waals surface area contributed by atoms with Gasteiger partial charge in [-0.2, -0.15) is 0 Å². The number of hydrogen-bond donors (Lipinski definition) is 0. The lowest BCUT2D eigenvalue weighted by Crippen LogP contribution is -2.37. The molecule has 2 heterocycles. The van der Waals surface area contributed by atoms with Gasteiger partial charge in [0.1, 0.15) is 0 Å². The monoisotopic (exact) mass is 370 g/mol. The van der Waals surface area contributed by atoms with Gasteiger partial charge in [-0.3, -0.25) is 13.9 Å². The molecule has 0 saturated heterocycles. The lowest BCUT2D eigenvalue weighted by molar-refractivity contribution is 0.694. The number of imidazole rings is 1. The molecule has 3 aromatic rings. The van der Waals surface area contributed by atoms with Gasteiger partial charge in [-0.05, 0) is 19.4 Å². The second-order valence-corrected chi connectivity index (χ2v) is 7.53. The Labute approximate surface area is 155 Å². The lowest BCUT2D eigenvalue weighted by atomic mass is 10.2. The topological polar surface area (TPSA) is 61.8 Å². The van der Waals surface area contributed by atoms with Crippen LogP contribution in [-0.2, 0) is 26.4 Å². The van der Waals surface area contributed by atoms with Crippen molar-refractivity contribution in [2.75, 3.05) is 0 Å². The highest BCUT2D eigenvalue weighted by molar-refractivity contribution is 7.98. The Morgan fingerprint density at radius 1 is 1.15 bits per heavy atom. The fraction of sp³-hybridized carbons (Fsp3) is 0.316. The molecule has 0 N–H and O–H groups in total. The van der Waals surface area contributed by atoms with Gasteiger partial charge in [-0.25, -0.2) is 9.78 Å². The minimum atomic E-state index is -0.377. The number of fused-ring (bicyclic) bond motifs is 1. The van der Waals surface area contributed by atoms with Crippen LogP contribution >= 0.6 is 11.8 Å². The van der Waals surface area contributed by atoms with E-state index < -0.39 is 0 Å². The van der Waals surface area contributed by atoms with Crippen molar-refractivity contribution in [2.45, 2.75) is 31.3 Å². The van der Waals surface area contributed by atoms with Crippen molar-refractivity contribution in [3.05, 3.63) is 68.4 Å². The summed E-state index contributed by atoms with van der Waals surface area (Å²) in [6.07, 6.45) is 0. The average molecular weight is 370 g/mol. The highest BCUT2D eigenvalue weighted by Gasteiger charge is 2.19. The van der Waals surface area contributed by atoms with E-state index in [2.05, 4.69) is 42.8 Å². The third-order valence-corrected chi connectivity index (χ3v) is 5.28. The van der Waals surface area contributed by atoms with Crippen molar-refractivity contribution in [1.29, 1.82) is 0 Å². The number of allylic oxidation sites excluding steroid dienone is 1. The van der Waals surface area contributed by atoms with Crippen LogP contribution in [0.3, 0.4) is 0 Å². The fourth-order valence-corrected chi connectivity index (χ4v) is 3.74. The Kier molecular flexibility index (Phi) is 4.91. The van der Waals surface area contributed by atoms with Crippen LogP contribution in [0.15, 0.2) is 51.2 Å². The van der Waals surface area contributed by atoms with Crippen LogP contribution in [0, 0.1) is 6.92 Å². The molecule has 0 amide bonds. The standard InChI is InChI=1S/C19H22N4O2S/c1-12(2)10-23-15-16(21(4)19(25)22(5)17(15)24)20-18(23)26-11-14-8-6-13(3)7-9-14/h6-9H,1,10-11H2,2-5H3. The van der Waals surface area contributed by atoms with E-state index in [9.17, 15) is 9.59 Å². The molecule has 2 aromatic heterocycles. The number of thioether (sulfide) groups is 1. The number of rotatable bonds is 5. The summed E-state index contributed by atoms with van der Waals surface area (Å²) in [6, 6.07) is 8.32. The SMILES string of the molecule is C=C(C)Cn1c(SCc2ccc(C)cc2)nc2c1c(=O)n(C)c(=O)n2C. The Hall–Kier alpha value is -2.54. The molecule has 0 aliphatic rings. The van der Waals surface area contributed by atoms with Gasteiger partial charge in [-0.15, -0.1) is 0 Å². The molecular formula is C19H22N4O2S. The Morgan fingerprint density at radius 3 is 2.42 bits per heavy atom. The number of benzene rings is 1. The maximum atomic E-state index is 12.7. The van der Waals surface area contributed by atoms with E-state index in [1.165, 1.54) is 22.7 Å². The highest BCUT2D eigenvalue weighted by Crippen LogP contribution is 2.26. The minimum Gasteiger partial charge on any atom is -0.309 e. The summed E-state index contributed by atoms with van der Waals surface area (Å²) in [5, 5.41) is 0.710. The van der Waals surface area contributed by atoms with Gasteiger partial charge in [0.05, 0.1) is 0 Å². The first-order valence-electron chi connectivity index (χ1n) is 8.28. The van der Waals surface area contributed by atoms with Gasteiger partial charge < -0.3 is 4.57 Å². The molecule has 136 valence electrons. The Balaban J connectivity index is 2.11. The zero-order valence-electron chi connectivity index (χ0n) is 15.4. The smallest absolute Gasteiger partial charge is 0.309 e.